The Kier molecular flexibility index (Phi) is 5.90. The van der Waals surface area contributed by atoms with Gasteiger partial charge < -0.3 is 24.9 Å². The van der Waals surface area contributed by atoms with Crippen molar-refractivity contribution in [1.82, 2.24) is 14.8 Å². The van der Waals surface area contributed by atoms with E-state index >= 15 is 0 Å². The fourth-order valence-corrected chi connectivity index (χ4v) is 7.63. The molecule has 4 aliphatic heterocycles. The first-order valence-electron chi connectivity index (χ1n) is 11.4. The molecule has 9 nitrogen and oxygen atoms in total. The first kappa shape index (κ1) is 22.7. The molecule has 4 aliphatic rings. The molecule has 178 valence electrons. The lowest BCUT2D eigenvalue weighted by Crippen LogP contribution is -2.63. The van der Waals surface area contributed by atoms with Crippen LogP contribution in [0.3, 0.4) is 0 Å². The number of aliphatic hydroxyl groups excluding tert-OH is 1. The molecule has 11 heteroatoms. The molecule has 2 amide bonds. The molecule has 4 atom stereocenters. The largest absolute Gasteiger partial charge is 0.477 e. The first-order chi connectivity index (χ1) is 15.8. The number of nitrogens with zero attached hydrogens (tertiary/aromatic N) is 4. The second kappa shape index (κ2) is 8.59. The van der Waals surface area contributed by atoms with Gasteiger partial charge in [0.1, 0.15) is 11.4 Å². The molecular formula is C22H28N4O5S2. The Labute approximate surface area is 200 Å². The van der Waals surface area contributed by atoms with Gasteiger partial charge >= 0.3 is 5.97 Å². The number of hydrogen-bond donors (Lipinski definition) is 2. The molecule has 2 N–H and O–H groups in total. The van der Waals surface area contributed by atoms with E-state index in [1.807, 2.05) is 17.2 Å². The highest BCUT2D eigenvalue weighted by molar-refractivity contribution is 8.03. The minimum atomic E-state index is -1.10. The van der Waals surface area contributed by atoms with Crippen molar-refractivity contribution in [3.8, 4) is 0 Å². The van der Waals surface area contributed by atoms with E-state index in [0.29, 0.717) is 23.7 Å². The Hall–Kier alpha value is -2.11. The van der Waals surface area contributed by atoms with Gasteiger partial charge in [-0.25, -0.2) is 9.78 Å². The minimum absolute atomic E-state index is 0.00143. The highest BCUT2D eigenvalue weighted by Crippen LogP contribution is 2.52. The number of aliphatic carboxylic acids is 1. The molecule has 0 aliphatic carbocycles. The van der Waals surface area contributed by atoms with Crippen molar-refractivity contribution in [2.24, 2.45) is 11.8 Å². The standard InChI is InChI=1S/C22H28N4O5S2/c1-11-16-15(12(2)27)20(29)26(16)17(21(30)31)18(11)33-13-8-25(9-13)22-23-14(10-32-22)19(28)24-6-4-3-5-7-24/h10-13,15-16,27H,3-9H2,1-2H3,(H,30,31)/t11-,12-,15-,16-/m1/s1. The summed E-state index contributed by atoms with van der Waals surface area (Å²) >= 11 is 2.98. The molecule has 33 heavy (non-hydrogen) atoms. The maximum atomic E-state index is 12.7. The second-order valence-electron chi connectivity index (χ2n) is 9.28. The third kappa shape index (κ3) is 3.74. The number of amides is 2. The third-order valence-corrected chi connectivity index (χ3v) is 9.43. The highest BCUT2D eigenvalue weighted by atomic mass is 32.2. The van der Waals surface area contributed by atoms with Crippen molar-refractivity contribution in [1.29, 1.82) is 0 Å². The Morgan fingerprint density at radius 1 is 1.24 bits per heavy atom. The van der Waals surface area contributed by atoms with E-state index in [4.69, 9.17) is 0 Å². The maximum absolute atomic E-state index is 12.7. The maximum Gasteiger partial charge on any atom is 0.353 e. The van der Waals surface area contributed by atoms with Gasteiger partial charge in [0.2, 0.25) is 5.91 Å². The number of piperidine rings is 1. The van der Waals surface area contributed by atoms with Crippen LogP contribution in [-0.4, -0.2) is 86.4 Å². The molecule has 1 aromatic heterocycles. The fourth-order valence-electron chi connectivity index (χ4n) is 5.29. The topological polar surface area (TPSA) is 114 Å². The summed E-state index contributed by atoms with van der Waals surface area (Å²) in [5, 5.41) is 22.6. The molecule has 0 spiro atoms. The molecule has 1 aromatic rings. The molecule has 3 fully saturated rings. The van der Waals surface area contributed by atoms with Crippen LogP contribution in [-0.2, 0) is 9.59 Å². The van der Waals surface area contributed by atoms with Crippen LogP contribution < -0.4 is 4.90 Å². The quantitative estimate of drug-likeness (QED) is 0.579. The van der Waals surface area contributed by atoms with Gasteiger partial charge in [-0.05, 0) is 26.2 Å². The minimum Gasteiger partial charge on any atom is -0.477 e. The number of aliphatic hydroxyl groups is 1. The van der Waals surface area contributed by atoms with Gasteiger partial charge in [-0.3, -0.25) is 9.59 Å². The molecule has 0 unspecified atom stereocenters. The van der Waals surface area contributed by atoms with Gasteiger partial charge in [-0.2, -0.15) is 0 Å². The molecule has 0 aromatic carbocycles. The van der Waals surface area contributed by atoms with Crippen molar-refractivity contribution in [3.05, 3.63) is 21.7 Å². The van der Waals surface area contributed by atoms with E-state index in [9.17, 15) is 24.6 Å². The zero-order valence-electron chi connectivity index (χ0n) is 18.6. The van der Waals surface area contributed by atoms with E-state index in [0.717, 1.165) is 31.1 Å². The zero-order valence-corrected chi connectivity index (χ0v) is 20.3. The van der Waals surface area contributed by atoms with Gasteiger partial charge in [0.25, 0.3) is 5.91 Å². The lowest BCUT2D eigenvalue weighted by Gasteiger charge is -2.46. The number of carboxylic acid groups (broad SMARTS) is 1. The number of fused-ring (bicyclic) bond motifs is 1. The predicted molar refractivity (Wildman–Crippen MR) is 125 cm³/mol. The number of thiazole rings is 1. The Balaban J connectivity index is 1.23. The van der Waals surface area contributed by atoms with Crippen molar-refractivity contribution < 1.29 is 24.6 Å². The van der Waals surface area contributed by atoms with Crippen molar-refractivity contribution >= 4 is 46.0 Å². The average Bonchev–Trinajstić information content (AvgIpc) is 3.32. The zero-order chi connectivity index (χ0) is 23.4. The smallest absolute Gasteiger partial charge is 0.353 e. The number of anilines is 1. The molecule has 0 radical (unpaired) electrons. The van der Waals surface area contributed by atoms with Gasteiger partial charge in [-0.1, -0.05) is 6.92 Å². The van der Waals surface area contributed by atoms with E-state index < -0.39 is 18.0 Å². The van der Waals surface area contributed by atoms with Crippen molar-refractivity contribution in [2.45, 2.75) is 50.5 Å². The number of hydrogen-bond acceptors (Lipinski definition) is 8. The van der Waals surface area contributed by atoms with E-state index in [2.05, 4.69) is 9.88 Å². The van der Waals surface area contributed by atoms with E-state index in [-0.39, 0.29) is 34.7 Å². The first-order valence-corrected chi connectivity index (χ1v) is 13.2. The van der Waals surface area contributed by atoms with Crippen molar-refractivity contribution in [3.63, 3.8) is 0 Å². The molecule has 0 saturated carbocycles. The normalized spacial score (nSPS) is 28.5. The summed E-state index contributed by atoms with van der Waals surface area (Å²) in [5.41, 5.74) is 0.571. The summed E-state index contributed by atoms with van der Waals surface area (Å²) < 4.78 is 0. The predicted octanol–water partition coefficient (Wildman–Crippen LogP) is 1.84. The summed E-state index contributed by atoms with van der Waals surface area (Å²) in [6.07, 6.45) is 2.46. The number of β-lactam (4-membered cyclic amide) rings is 1. The van der Waals surface area contributed by atoms with Crippen LogP contribution in [0.5, 0.6) is 0 Å². The lowest BCUT2D eigenvalue weighted by atomic mass is 9.79. The van der Waals surface area contributed by atoms with Gasteiger partial charge in [0.15, 0.2) is 5.13 Å². The van der Waals surface area contributed by atoms with Crippen LogP contribution >= 0.6 is 23.1 Å². The summed E-state index contributed by atoms with van der Waals surface area (Å²) in [7, 11) is 0. The Morgan fingerprint density at radius 2 is 1.94 bits per heavy atom. The van der Waals surface area contributed by atoms with Gasteiger partial charge in [0.05, 0.1) is 18.1 Å². The van der Waals surface area contributed by atoms with Gasteiger partial charge in [-0.15, -0.1) is 23.1 Å². The average molecular weight is 493 g/mol. The number of carbonyl (C=O) groups is 3. The Bertz CT molecular complexity index is 1010. The molecule has 0 bridgehead atoms. The lowest BCUT2D eigenvalue weighted by molar-refractivity contribution is -0.163. The van der Waals surface area contributed by atoms with Crippen LogP contribution in [0.4, 0.5) is 5.13 Å². The molecule has 5 rings (SSSR count). The molecule has 5 heterocycles. The summed E-state index contributed by atoms with van der Waals surface area (Å²) in [5.74, 6) is -2.07. The van der Waals surface area contributed by atoms with Crippen LogP contribution in [0.25, 0.3) is 0 Å². The highest BCUT2D eigenvalue weighted by Gasteiger charge is 2.60. The van der Waals surface area contributed by atoms with Crippen molar-refractivity contribution in [2.75, 3.05) is 31.1 Å². The molecule has 3 saturated heterocycles. The van der Waals surface area contributed by atoms with Crippen LogP contribution in [0.1, 0.15) is 43.6 Å². The number of thioether (sulfide) groups is 1. The number of likely N-dealkylation sites (tertiary alicyclic amines) is 1. The SMILES string of the molecule is C[C@@H](O)[C@H]1C(=O)N2C(C(=O)O)=C(SC3CN(c4nc(C(=O)N5CCCCC5)cs4)C3)[C@H](C)[C@H]12. The summed E-state index contributed by atoms with van der Waals surface area (Å²) in [6.45, 7) is 6.52. The third-order valence-electron chi connectivity index (χ3n) is 7.08. The number of carbonyl (C=O) groups excluding carboxylic acids is 2. The number of rotatable bonds is 6. The summed E-state index contributed by atoms with van der Waals surface area (Å²) in [6, 6.07) is -0.287. The Morgan fingerprint density at radius 3 is 2.58 bits per heavy atom. The fraction of sp³-hybridized carbons (Fsp3) is 0.636. The molecular weight excluding hydrogens is 464 g/mol. The van der Waals surface area contributed by atoms with Crippen LogP contribution in [0, 0.1) is 11.8 Å². The number of carboxylic acids is 1. The van der Waals surface area contributed by atoms with Crippen LogP contribution in [0.2, 0.25) is 0 Å². The summed E-state index contributed by atoms with van der Waals surface area (Å²) in [4.78, 5) is 47.7. The monoisotopic (exact) mass is 492 g/mol. The number of aromatic nitrogens is 1. The van der Waals surface area contributed by atoms with Gasteiger partial charge in [0, 0.05) is 47.6 Å². The second-order valence-corrected chi connectivity index (χ2v) is 11.5. The van der Waals surface area contributed by atoms with E-state index in [1.165, 1.54) is 34.4 Å². The van der Waals surface area contributed by atoms with Crippen LogP contribution in [0.15, 0.2) is 16.0 Å². The van der Waals surface area contributed by atoms with E-state index in [1.54, 1.807) is 6.92 Å².